The lowest BCUT2D eigenvalue weighted by molar-refractivity contribution is -0.124. The molecule has 1 saturated heterocycles. The molecule has 3 aromatic rings. The van der Waals surface area contributed by atoms with Gasteiger partial charge in [-0.2, -0.15) is 0 Å². The fourth-order valence-corrected chi connectivity index (χ4v) is 5.94. The lowest BCUT2D eigenvalue weighted by atomic mass is 10.0. The summed E-state index contributed by atoms with van der Waals surface area (Å²) in [6.45, 7) is 1.78. The number of aryl methyl sites for hydroxylation is 1. The summed E-state index contributed by atoms with van der Waals surface area (Å²) in [7, 11) is 0. The second-order valence-electron chi connectivity index (χ2n) is 7.97. The summed E-state index contributed by atoms with van der Waals surface area (Å²) in [4.78, 5) is 41.5. The molecule has 0 unspecified atom stereocenters. The van der Waals surface area contributed by atoms with Crippen LogP contribution in [0.3, 0.4) is 0 Å². The minimum Gasteiger partial charge on any atom is -0.325 e. The van der Waals surface area contributed by atoms with Crippen LogP contribution in [0.1, 0.15) is 11.1 Å². The Labute approximate surface area is 200 Å². The Hall–Kier alpha value is -3.29. The summed E-state index contributed by atoms with van der Waals surface area (Å²) in [6, 6.07) is 21.7. The SMILES string of the molecule is Cc1cccc(NC(=O)CN2C(=O)[C@]3(SCC(=O)N3c3cccc(Cl)c3)c3ccccc32)c1. The van der Waals surface area contributed by atoms with Crippen LogP contribution in [-0.2, 0) is 19.3 Å². The molecule has 1 atom stereocenters. The van der Waals surface area contributed by atoms with Crippen molar-refractivity contribution in [3.05, 3.63) is 88.9 Å². The Morgan fingerprint density at radius 2 is 1.85 bits per heavy atom. The van der Waals surface area contributed by atoms with Gasteiger partial charge in [-0.05, 0) is 48.9 Å². The number of amides is 3. The third kappa shape index (κ3) is 3.57. The summed E-state index contributed by atoms with van der Waals surface area (Å²) in [6.07, 6.45) is 0. The fraction of sp³-hybridized carbons (Fsp3) is 0.160. The number of hydrogen-bond donors (Lipinski definition) is 1. The van der Waals surface area contributed by atoms with Crippen molar-refractivity contribution in [1.82, 2.24) is 0 Å². The van der Waals surface area contributed by atoms with E-state index < -0.39 is 4.87 Å². The van der Waals surface area contributed by atoms with E-state index in [9.17, 15) is 14.4 Å². The van der Waals surface area contributed by atoms with Crippen LogP contribution in [0.15, 0.2) is 72.8 Å². The first-order chi connectivity index (χ1) is 15.9. The highest BCUT2D eigenvalue weighted by Crippen LogP contribution is 2.55. The van der Waals surface area contributed by atoms with Gasteiger partial charge in [-0.3, -0.25) is 24.2 Å². The first-order valence-electron chi connectivity index (χ1n) is 10.4. The van der Waals surface area contributed by atoms with Crippen molar-refractivity contribution >= 4 is 58.1 Å². The van der Waals surface area contributed by atoms with Crippen LogP contribution in [0.5, 0.6) is 0 Å². The maximum atomic E-state index is 13.9. The minimum absolute atomic E-state index is 0.149. The summed E-state index contributed by atoms with van der Waals surface area (Å²) < 4.78 is 0. The van der Waals surface area contributed by atoms with E-state index >= 15 is 0 Å². The fourth-order valence-electron chi connectivity index (χ4n) is 4.39. The number of rotatable bonds is 4. The number of thioether (sulfide) groups is 1. The first kappa shape index (κ1) is 21.6. The summed E-state index contributed by atoms with van der Waals surface area (Å²) in [5, 5.41) is 3.33. The van der Waals surface area contributed by atoms with Gasteiger partial charge in [0.05, 0.1) is 11.4 Å². The molecule has 1 N–H and O–H groups in total. The van der Waals surface area contributed by atoms with Crippen LogP contribution >= 0.6 is 23.4 Å². The highest BCUT2D eigenvalue weighted by molar-refractivity contribution is 8.02. The molecule has 3 aromatic carbocycles. The molecule has 0 bridgehead atoms. The zero-order chi connectivity index (χ0) is 23.2. The molecule has 2 heterocycles. The van der Waals surface area contributed by atoms with Crippen LogP contribution in [-0.4, -0.2) is 30.0 Å². The number of anilines is 3. The van der Waals surface area contributed by atoms with Gasteiger partial charge in [-0.25, -0.2) is 0 Å². The van der Waals surface area contributed by atoms with Crippen molar-refractivity contribution in [2.24, 2.45) is 0 Å². The van der Waals surface area contributed by atoms with E-state index in [1.807, 2.05) is 43.3 Å². The van der Waals surface area contributed by atoms with Gasteiger partial charge in [-0.15, -0.1) is 11.8 Å². The van der Waals surface area contributed by atoms with Gasteiger partial charge in [0.2, 0.25) is 16.7 Å². The average molecular weight is 478 g/mol. The van der Waals surface area contributed by atoms with Gasteiger partial charge >= 0.3 is 0 Å². The van der Waals surface area contributed by atoms with Crippen molar-refractivity contribution in [2.45, 2.75) is 11.8 Å². The third-order valence-corrected chi connectivity index (χ3v) is 7.36. The van der Waals surface area contributed by atoms with E-state index in [1.165, 1.54) is 21.6 Å². The minimum atomic E-state index is -1.28. The molecular weight excluding hydrogens is 458 g/mol. The molecule has 6 nitrogen and oxygen atoms in total. The number of para-hydroxylation sites is 1. The van der Waals surface area contributed by atoms with Gasteiger partial charge in [0.1, 0.15) is 6.54 Å². The number of nitrogens with one attached hydrogen (secondary N) is 1. The van der Waals surface area contributed by atoms with Crippen molar-refractivity contribution in [1.29, 1.82) is 0 Å². The first-order valence-corrected chi connectivity index (χ1v) is 11.8. The number of halogens is 1. The zero-order valence-corrected chi connectivity index (χ0v) is 19.3. The van der Waals surface area contributed by atoms with Gasteiger partial charge in [0.25, 0.3) is 5.91 Å². The lowest BCUT2D eigenvalue weighted by Gasteiger charge is -2.33. The van der Waals surface area contributed by atoms with Gasteiger partial charge in [0, 0.05) is 22.0 Å². The number of carbonyl (C=O) groups excluding carboxylic acids is 3. The smallest absolute Gasteiger partial charge is 0.269 e. The van der Waals surface area contributed by atoms with Crippen LogP contribution in [0.4, 0.5) is 17.1 Å². The van der Waals surface area contributed by atoms with Crippen molar-refractivity contribution in [3.8, 4) is 0 Å². The summed E-state index contributed by atoms with van der Waals surface area (Å²) in [5.74, 6) is -0.671. The second kappa shape index (κ2) is 8.24. The second-order valence-corrected chi connectivity index (χ2v) is 9.57. The maximum absolute atomic E-state index is 13.9. The van der Waals surface area contributed by atoms with Crippen molar-refractivity contribution in [2.75, 3.05) is 27.4 Å². The number of benzene rings is 3. The predicted molar refractivity (Wildman–Crippen MR) is 132 cm³/mol. The van der Waals surface area contributed by atoms with Crippen LogP contribution in [0, 0.1) is 6.92 Å². The number of nitrogens with zero attached hydrogens (tertiary/aromatic N) is 2. The summed E-state index contributed by atoms with van der Waals surface area (Å²) >= 11 is 7.46. The molecule has 0 aliphatic carbocycles. The van der Waals surface area contributed by atoms with Crippen molar-refractivity contribution in [3.63, 3.8) is 0 Å². The highest BCUT2D eigenvalue weighted by Gasteiger charge is 2.61. The molecule has 3 amide bonds. The quantitative estimate of drug-likeness (QED) is 0.597. The molecule has 0 radical (unpaired) electrons. The van der Waals surface area contributed by atoms with E-state index in [4.69, 9.17) is 11.6 Å². The predicted octanol–water partition coefficient (Wildman–Crippen LogP) is 4.57. The van der Waals surface area contributed by atoms with Gasteiger partial charge in [-0.1, -0.05) is 48.0 Å². The zero-order valence-electron chi connectivity index (χ0n) is 17.7. The summed E-state index contributed by atoms with van der Waals surface area (Å²) in [5.41, 5.74) is 3.55. The van der Waals surface area contributed by atoms with Crippen molar-refractivity contribution < 1.29 is 14.4 Å². The van der Waals surface area contributed by atoms with Crippen LogP contribution in [0.25, 0.3) is 0 Å². The van der Waals surface area contributed by atoms with E-state index in [0.717, 1.165) is 5.56 Å². The highest BCUT2D eigenvalue weighted by atomic mass is 35.5. The van der Waals surface area contributed by atoms with E-state index in [-0.39, 0.29) is 30.0 Å². The lowest BCUT2D eigenvalue weighted by Crippen LogP contribution is -2.50. The number of fused-ring (bicyclic) bond motifs is 2. The monoisotopic (exact) mass is 477 g/mol. The largest absolute Gasteiger partial charge is 0.325 e. The van der Waals surface area contributed by atoms with E-state index in [1.54, 1.807) is 36.4 Å². The van der Waals surface area contributed by atoms with Crippen LogP contribution in [0.2, 0.25) is 5.02 Å². The Morgan fingerprint density at radius 1 is 1.06 bits per heavy atom. The Morgan fingerprint density at radius 3 is 2.64 bits per heavy atom. The Balaban J connectivity index is 1.52. The Kier molecular flexibility index (Phi) is 5.38. The molecule has 1 spiro atoms. The molecule has 1 fully saturated rings. The molecular formula is C25H20ClN3O3S. The van der Waals surface area contributed by atoms with E-state index in [0.29, 0.717) is 27.6 Å². The number of carbonyl (C=O) groups is 3. The molecule has 2 aliphatic heterocycles. The molecule has 0 aromatic heterocycles. The molecule has 5 rings (SSSR count). The van der Waals surface area contributed by atoms with Crippen LogP contribution < -0.4 is 15.1 Å². The molecule has 0 saturated carbocycles. The maximum Gasteiger partial charge on any atom is 0.269 e. The third-order valence-electron chi connectivity index (χ3n) is 5.73. The standard InChI is InChI=1S/C25H20ClN3O3S/c1-16-6-4-8-18(12-16)27-22(30)14-28-21-11-3-2-10-20(21)25(24(28)32)29(23(31)15-33-25)19-9-5-7-17(26)13-19/h2-13H,14-15H2,1H3,(H,27,30)/t25-/m1/s1. The molecule has 33 heavy (non-hydrogen) atoms. The van der Waals surface area contributed by atoms with E-state index in [2.05, 4.69) is 5.32 Å². The molecule has 2 aliphatic rings. The average Bonchev–Trinajstić information content (AvgIpc) is 3.25. The normalized spacial score (nSPS) is 19.3. The van der Waals surface area contributed by atoms with Gasteiger partial charge < -0.3 is 5.32 Å². The molecule has 166 valence electrons. The Bertz CT molecular complexity index is 1300. The van der Waals surface area contributed by atoms with Gasteiger partial charge in [0.15, 0.2) is 0 Å². The topological polar surface area (TPSA) is 69.7 Å². The number of hydrogen-bond acceptors (Lipinski definition) is 4. The molecule has 8 heteroatoms.